The molecule has 1 unspecified atom stereocenters. The first-order chi connectivity index (χ1) is 12.5. The number of aromatic amines is 1. The van der Waals surface area contributed by atoms with Crippen molar-refractivity contribution in [2.75, 3.05) is 0 Å². The van der Waals surface area contributed by atoms with Crippen molar-refractivity contribution in [2.24, 2.45) is 0 Å². The molecule has 0 spiro atoms. The fraction of sp³-hybridized carbons (Fsp3) is 0.238. The molecule has 0 fully saturated rings. The van der Waals surface area contributed by atoms with E-state index >= 15 is 0 Å². The Morgan fingerprint density at radius 1 is 1.15 bits per heavy atom. The molecular weight excluding hydrogens is 327 g/mol. The van der Waals surface area contributed by atoms with Crippen LogP contribution in [0.1, 0.15) is 29.6 Å². The summed E-state index contributed by atoms with van der Waals surface area (Å²) < 4.78 is 14.3. The summed E-state index contributed by atoms with van der Waals surface area (Å²) >= 11 is 0. The molecule has 1 aliphatic heterocycles. The Balaban J connectivity index is 1.73. The average molecular weight is 348 g/mol. The summed E-state index contributed by atoms with van der Waals surface area (Å²) in [7, 11) is 0. The van der Waals surface area contributed by atoms with E-state index in [2.05, 4.69) is 40.0 Å². The fourth-order valence-electron chi connectivity index (χ4n) is 3.63. The Morgan fingerprint density at radius 2 is 1.85 bits per heavy atom. The molecule has 2 N–H and O–H groups in total. The summed E-state index contributed by atoms with van der Waals surface area (Å²) in [6, 6.07) is 15.1. The van der Waals surface area contributed by atoms with Crippen LogP contribution in [0.25, 0.3) is 11.3 Å². The lowest BCUT2D eigenvalue weighted by Gasteiger charge is -2.36. The van der Waals surface area contributed by atoms with E-state index < -0.39 is 0 Å². The molecule has 132 valence electrons. The van der Waals surface area contributed by atoms with Crippen LogP contribution >= 0.6 is 0 Å². The Labute approximate surface area is 152 Å². The molecule has 0 amide bonds. The van der Waals surface area contributed by atoms with Crippen molar-refractivity contribution in [3.8, 4) is 11.3 Å². The molecule has 4 nitrogen and oxygen atoms in total. The van der Waals surface area contributed by atoms with E-state index in [1.807, 2.05) is 13.0 Å². The zero-order valence-corrected chi connectivity index (χ0v) is 14.9. The minimum Gasteiger partial charge on any atom is -0.348 e. The van der Waals surface area contributed by atoms with Gasteiger partial charge in [-0.25, -0.2) is 9.37 Å². The number of benzene rings is 2. The minimum absolute atomic E-state index is 0.189. The Morgan fingerprint density at radius 3 is 2.62 bits per heavy atom. The van der Waals surface area contributed by atoms with Crippen molar-refractivity contribution in [2.45, 2.75) is 32.9 Å². The maximum atomic E-state index is 14.3. The van der Waals surface area contributed by atoms with Gasteiger partial charge in [-0.1, -0.05) is 36.4 Å². The van der Waals surface area contributed by atoms with E-state index in [0.717, 1.165) is 6.42 Å². The smallest absolute Gasteiger partial charge is 0.147 e. The van der Waals surface area contributed by atoms with E-state index in [1.54, 1.807) is 18.2 Å². The lowest BCUT2D eigenvalue weighted by Crippen LogP contribution is -2.43. The summed E-state index contributed by atoms with van der Waals surface area (Å²) in [5.41, 5.74) is 4.05. The number of nitrogens with zero attached hydrogens (tertiary/aromatic N) is 2. The molecular formula is C21H21FN4. The largest absolute Gasteiger partial charge is 0.348 e. The zero-order valence-electron chi connectivity index (χ0n) is 14.9. The van der Waals surface area contributed by atoms with Gasteiger partial charge in [0, 0.05) is 18.2 Å². The molecule has 26 heavy (non-hydrogen) atoms. The Kier molecular flexibility index (Phi) is 4.07. The highest BCUT2D eigenvalue weighted by molar-refractivity contribution is 6.00. The molecule has 2 heterocycles. The number of hydrogen-bond donors (Lipinski definition) is 2. The molecule has 2 aromatic carbocycles. The molecule has 0 saturated heterocycles. The molecule has 4 rings (SSSR count). The molecule has 1 aliphatic rings. The standard InChI is InChI=1S/C21H21FN4/c1-13-11-15-7-3-4-8-16(15)12-26(13)21(23)20-19(24-14(2)25-20)17-9-5-6-10-18(17)22/h3-10,13,23H,11-12H2,1-2H3,(H,24,25). The van der Waals surface area contributed by atoms with Gasteiger partial charge in [0.15, 0.2) is 0 Å². The topological polar surface area (TPSA) is 55.8 Å². The van der Waals surface area contributed by atoms with E-state index in [0.29, 0.717) is 35.2 Å². The third-order valence-corrected chi connectivity index (χ3v) is 4.98. The van der Waals surface area contributed by atoms with E-state index in [-0.39, 0.29) is 11.9 Å². The maximum Gasteiger partial charge on any atom is 0.147 e. The van der Waals surface area contributed by atoms with Crippen molar-refractivity contribution in [3.05, 3.63) is 77.0 Å². The number of fused-ring (bicyclic) bond motifs is 1. The van der Waals surface area contributed by atoms with Crippen LogP contribution in [0.4, 0.5) is 4.39 Å². The van der Waals surface area contributed by atoms with Crippen LogP contribution in [-0.2, 0) is 13.0 Å². The van der Waals surface area contributed by atoms with E-state index in [1.165, 1.54) is 17.2 Å². The quantitative estimate of drug-likeness (QED) is 0.536. The van der Waals surface area contributed by atoms with E-state index in [4.69, 9.17) is 5.41 Å². The number of rotatable bonds is 2. The summed E-state index contributed by atoms with van der Waals surface area (Å²) in [6.45, 7) is 4.62. The number of H-pyrrole nitrogens is 1. The van der Waals surface area contributed by atoms with Crippen LogP contribution < -0.4 is 0 Å². The molecule has 1 atom stereocenters. The van der Waals surface area contributed by atoms with Gasteiger partial charge in [0.1, 0.15) is 28.9 Å². The van der Waals surface area contributed by atoms with Gasteiger partial charge >= 0.3 is 0 Å². The molecule has 0 saturated carbocycles. The molecule has 0 radical (unpaired) electrons. The lowest BCUT2D eigenvalue weighted by molar-refractivity contribution is 0.298. The number of amidine groups is 1. The van der Waals surface area contributed by atoms with Crippen molar-refractivity contribution in [1.82, 2.24) is 14.9 Å². The normalized spacial score (nSPS) is 16.4. The SMILES string of the molecule is Cc1nc(-c2ccccc2F)c(C(=N)N2Cc3ccccc3CC2C)[nH]1. The number of hydrogen-bond acceptors (Lipinski definition) is 2. The molecule has 0 bridgehead atoms. The second kappa shape index (κ2) is 6.41. The van der Waals surface area contributed by atoms with Gasteiger partial charge in [0.2, 0.25) is 0 Å². The van der Waals surface area contributed by atoms with Crippen LogP contribution in [0, 0.1) is 18.2 Å². The summed E-state index contributed by atoms with van der Waals surface area (Å²) in [6.07, 6.45) is 0.890. The van der Waals surface area contributed by atoms with Gasteiger partial charge in [-0.05, 0) is 43.5 Å². The second-order valence-electron chi connectivity index (χ2n) is 6.82. The van der Waals surface area contributed by atoms with Crippen LogP contribution in [0.5, 0.6) is 0 Å². The van der Waals surface area contributed by atoms with Gasteiger partial charge in [0.25, 0.3) is 0 Å². The first kappa shape index (κ1) is 16.5. The minimum atomic E-state index is -0.329. The van der Waals surface area contributed by atoms with Crippen LogP contribution in [0.15, 0.2) is 48.5 Å². The van der Waals surface area contributed by atoms with Gasteiger partial charge in [-0.2, -0.15) is 0 Å². The first-order valence-corrected chi connectivity index (χ1v) is 8.78. The van der Waals surface area contributed by atoms with Gasteiger partial charge in [-0.15, -0.1) is 0 Å². The molecule has 1 aromatic heterocycles. The Bertz CT molecular complexity index is 976. The summed E-state index contributed by atoms with van der Waals surface area (Å²) in [5, 5.41) is 8.80. The predicted molar refractivity (Wildman–Crippen MR) is 101 cm³/mol. The Hall–Kier alpha value is -2.95. The summed E-state index contributed by atoms with van der Waals surface area (Å²) in [4.78, 5) is 9.69. The van der Waals surface area contributed by atoms with Crippen molar-refractivity contribution < 1.29 is 4.39 Å². The van der Waals surface area contributed by atoms with Gasteiger partial charge < -0.3 is 9.88 Å². The van der Waals surface area contributed by atoms with Crippen molar-refractivity contribution >= 4 is 5.84 Å². The maximum absolute atomic E-state index is 14.3. The number of aryl methyl sites for hydroxylation is 1. The average Bonchev–Trinajstić information content (AvgIpc) is 3.02. The lowest BCUT2D eigenvalue weighted by atomic mass is 9.94. The predicted octanol–water partition coefficient (Wildman–Crippen LogP) is 4.30. The third-order valence-electron chi connectivity index (χ3n) is 4.98. The molecule has 5 heteroatoms. The number of aromatic nitrogens is 2. The highest BCUT2D eigenvalue weighted by Crippen LogP contribution is 2.29. The second-order valence-corrected chi connectivity index (χ2v) is 6.82. The van der Waals surface area contributed by atoms with Gasteiger partial charge in [0.05, 0.1) is 0 Å². The third kappa shape index (κ3) is 2.79. The highest BCUT2D eigenvalue weighted by Gasteiger charge is 2.28. The fourth-order valence-corrected chi connectivity index (χ4v) is 3.63. The van der Waals surface area contributed by atoms with E-state index in [9.17, 15) is 4.39 Å². The molecule has 0 aliphatic carbocycles. The molecule has 3 aromatic rings. The van der Waals surface area contributed by atoms with Gasteiger partial charge in [-0.3, -0.25) is 5.41 Å². The zero-order chi connectivity index (χ0) is 18.3. The van der Waals surface area contributed by atoms with Crippen molar-refractivity contribution in [1.29, 1.82) is 5.41 Å². The number of halogens is 1. The number of nitrogens with one attached hydrogen (secondary N) is 2. The highest BCUT2D eigenvalue weighted by atomic mass is 19.1. The van der Waals surface area contributed by atoms with Crippen LogP contribution in [0.2, 0.25) is 0 Å². The number of imidazole rings is 1. The monoisotopic (exact) mass is 348 g/mol. The van der Waals surface area contributed by atoms with Crippen LogP contribution in [-0.4, -0.2) is 26.7 Å². The summed E-state index contributed by atoms with van der Waals surface area (Å²) in [5.74, 6) is 0.698. The van der Waals surface area contributed by atoms with Crippen molar-refractivity contribution in [3.63, 3.8) is 0 Å². The first-order valence-electron chi connectivity index (χ1n) is 8.78. The van der Waals surface area contributed by atoms with Crippen LogP contribution in [0.3, 0.4) is 0 Å².